The van der Waals surface area contributed by atoms with Gasteiger partial charge in [-0.2, -0.15) is 0 Å². The zero-order chi connectivity index (χ0) is 26.3. The molecular weight excluding hydrogens is 535 g/mol. The molecule has 1 amide bonds. The van der Waals surface area contributed by atoms with E-state index in [0.717, 1.165) is 21.2 Å². The van der Waals surface area contributed by atoms with Crippen LogP contribution < -0.4 is 10.1 Å². The van der Waals surface area contributed by atoms with Gasteiger partial charge >= 0.3 is 0 Å². The molecule has 0 radical (unpaired) electrons. The van der Waals surface area contributed by atoms with Gasteiger partial charge in [0.25, 0.3) is 0 Å². The molecule has 0 aliphatic heterocycles. The molecular formula is C28H27N5O2S3. The number of amides is 1. The van der Waals surface area contributed by atoms with E-state index in [0.29, 0.717) is 35.5 Å². The first-order valence-corrected chi connectivity index (χ1v) is 15.0. The van der Waals surface area contributed by atoms with E-state index >= 15 is 0 Å². The summed E-state index contributed by atoms with van der Waals surface area (Å²) in [4.78, 5) is 18.3. The third kappa shape index (κ3) is 6.03. The number of carbonyl (C=O) groups is 1. The van der Waals surface area contributed by atoms with Crippen LogP contribution >= 0.6 is 34.9 Å². The predicted octanol–water partition coefficient (Wildman–Crippen LogP) is 7.07. The number of benzene rings is 3. The molecule has 1 atom stereocenters. The van der Waals surface area contributed by atoms with Crippen LogP contribution in [-0.2, 0) is 17.1 Å². The molecule has 0 aliphatic carbocycles. The van der Waals surface area contributed by atoms with E-state index in [1.54, 1.807) is 23.1 Å². The number of thiazole rings is 1. The average Bonchev–Trinajstić information content (AvgIpc) is 3.55. The highest BCUT2D eigenvalue weighted by molar-refractivity contribution is 8.00. The number of hydrogen-bond donors (Lipinski definition) is 1. The average molecular weight is 562 g/mol. The Morgan fingerprint density at radius 3 is 2.55 bits per heavy atom. The standard InChI is InChI=1S/C28H27N5O2S3/c1-3-33-24(18-36-28-30-21-15-9-11-17-23(21)37-28)31-32-27(33)38-25(19-12-6-5-7-13-19)26(34)29-20-14-8-10-16-22(20)35-4-2/h5-17,25H,3-4,18H2,1-2H3,(H,29,34)/t25-/m0/s1. The maximum atomic E-state index is 13.6. The van der Waals surface area contributed by atoms with Crippen LogP contribution in [0.15, 0.2) is 88.4 Å². The van der Waals surface area contributed by atoms with Crippen molar-refractivity contribution in [1.82, 2.24) is 19.7 Å². The number of rotatable bonds is 11. The number of fused-ring (bicyclic) bond motifs is 1. The topological polar surface area (TPSA) is 81.9 Å². The minimum Gasteiger partial charge on any atom is -0.492 e. The predicted molar refractivity (Wildman–Crippen MR) is 156 cm³/mol. The molecule has 0 aliphatic rings. The fraction of sp³-hybridized carbons (Fsp3) is 0.214. The van der Waals surface area contributed by atoms with Crippen molar-refractivity contribution in [1.29, 1.82) is 0 Å². The SMILES string of the molecule is CCOc1ccccc1NC(=O)[C@@H](Sc1nnc(CSc2nc3ccccc3s2)n1CC)c1ccccc1. The van der Waals surface area contributed by atoms with Crippen LogP contribution in [0.2, 0.25) is 0 Å². The molecule has 38 heavy (non-hydrogen) atoms. The second-order valence-corrected chi connectivity index (χ2v) is 11.5. The van der Waals surface area contributed by atoms with E-state index in [-0.39, 0.29) is 5.91 Å². The second kappa shape index (κ2) is 12.5. The van der Waals surface area contributed by atoms with Gasteiger partial charge in [-0.05, 0) is 43.7 Å². The quantitative estimate of drug-likeness (QED) is 0.173. The van der Waals surface area contributed by atoms with Gasteiger partial charge in [-0.1, -0.05) is 78.1 Å². The number of para-hydroxylation sites is 3. The Hall–Kier alpha value is -3.34. The lowest BCUT2D eigenvalue weighted by atomic mass is 10.1. The lowest BCUT2D eigenvalue weighted by molar-refractivity contribution is -0.115. The van der Waals surface area contributed by atoms with Crippen LogP contribution in [0.25, 0.3) is 10.2 Å². The van der Waals surface area contributed by atoms with E-state index in [2.05, 4.69) is 33.1 Å². The summed E-state index contributed by atoms with van der Waals surface area (Å²) in [5, 5.41) is 12.2. The molecule has 5 rings (SSSR count). The number of aromatic nitrogens is 4. The molecule has 3 aromatic carbocycles. The lowest BCUT2D eigenvalue weighted by Gasteiger charge is -2.18. The van der Waals surface area contributed by atoms with E-state index in [1.807, 2.05) is 79.7 Å². The van der Waals surface area contributed by atoms with Gasteiger partial charge in [0, 0.05) is 6.54 Å². The Bertz CT molecular complexity index is 1490. The van der Waals surface area contributed by atoms with Crippen molar-refractivity contribution in [3.05, 3.63) is 90.3 Å². The number of anilines is 1. The monoisotopic (exact) mass is 561 g/mol. The number of ether oxygens (including phenoxy) is 1. The first-order valence-electron chi connectivity index (χ1n) is 12.3. The molecule has 1 N–H and O–H groups in total. The minimum atomic E-state index is -0.523. The van der Waals surface area contributed by atoms with Crippen LogP contribution in [0.3, 0.4) is 0 Å². The molecule has 2 aromatic heterocycles. The Morgan fingerprint density at radius 2 is 1.76 bits per heavy atom. The van der Waals surface area contributed by atoms with Gasteiger partial charge in [0.05, 0.1) is 28.3 Å². The van der Waals surface area contributed by atoms with E-state index in [9.17, 15) is 4.79 Å². The summed E-state index contributed by atoms with van der Waals surface area (Å²) >= 11 is 4.73. The largest absolute Gasteiger partial charge is 0.492 e. The maximum absolute atomic E-state index is 13.6. The molecule has 2 heterocycles. The van der Waals surface area contributed by atoms with Gasteiger partial charge in [0.15, 0.2) is 9.50 Å². The Balaban J connectivity index is 1.36. The molecule has 0 unspecified atom stereocenters. The van der Waals surface area contributed by atoms with Gasteiger partial charge < -0.3 is 14.6 Å². The van der Waals surface area contributed by atoms with Crippen LogP contribution in [0, 0.1) is 0 Å². The molecule has 7 nitrogen and oxygen atoms in total. The van der Waals surface area contributed by atoms with Crippen molar-refractivity contribution < 1.29 is 9.53 Å². The number of nitrogens with one attached hydrogen (secondary N) is 1. The van der Waals surface area contributed by atoms with Crippen LogP contribution in [0.1, 0.15) is 30.5 Å². The first-order chi connectivity index (χ1) is 18.7. The normalized spacial score (nSPS) is 11.9. The van der Waals surface area contributed by atoms with Crippen molar-refractivity contribution in [3.63, 3.8) is 0 Å². The number of nitrogens with zero attached hydrogens (tertiary/aromatic N) is 4. The lowest BCUT2D eigenvalue weighted by Crippen LogP contribution is -2.20. The Kier molecular flexibility index (Phi) is 8.62. The molecule has 0 saturated carbocycles. The zero-order valence-corrected chi connectivity index (χ0v) is 23.5. The molecule has 194 valence electrons. The summed E-state index contributed by atoms with van der Waals surface area (Å²) in [5.41, 5.74) is 2.54. The highest BCUT2D eigenvalue weighted by atomic mass is 32.2. The van der Waals surface area contributed by atoms with Crippen LogP contribution in [0.5, 0.6) is 5.75 Å². The smallest absolute Gasteiger partial charge is 0.242 e. The van der Waals surface area contributed by atoms with Crippen molar-refractivity contribution in [2.24, 2.45) is 0 Å². The third-order valence-corrected chi connectivity index (χ3v) is 9.13. The van der Waals surface area contributed by atoms with Crippen molar-refractivity contribution in [2.75, 3.05) is 11.9 Å². The third-order valence-electron chi connectivity index (χ3n) is 5.72. The van der Waals surface area contributed by atoms with Gasteiger partial charge in [-0.15, -0.1) is 21.5 Å². The van der Waals surface area contributed by atoms with E-state index in [1.165, 1.54) is 16.5 Å². The number of thioether (sulfide) groups is 2. The van der Waals surface area contributed by atoms with E-state index < -0.39 is 5.25 Å². The summed E-state index contributed by atoms with van der Waals surface area (Å²) in [6.07, 6.45) is 0. The highest BCUT2D eigenvalue weighted by Crippen LogP contribution is 2.38. The van der Waals surface area contributed by atoms with Crippen LogP contribution in [0.4, 0.5) is 5.69 Å². The second-order valence-electron chi connectivity index (χ2n) is 8.21. The van der Waals surface area contributed by atoms with Crippen molar-refractivity contribution >= 4 is 56.7 Å². The molecule has 0 bridgehead atoms. The summed E-state index contributed by atoms with van der Waals surface area (Å²) < 4.78 is 9.95. The van der Waals surface area contributed by atoms with Crippen molar-refractivity contribution in [2.45, 2.75) is 40.9 Å². The van der Waals surface area contributed by atoms with Crippen molar-refractivity contribution in [3.8, 4) is 5.75 Å². The summed E-state index contributed by atoms with van der Waals surface area (Å²) in [5.74, 6) is 1.99. The minimum absolute atomic E-state index is 0.149. The summed E-state index contributed by atoms with van der Waals surface area (Å²) in [6, 6.07) is 25.4. The Morgan fingerprint density at radius 1 is 1.00 bits per heavy atom. The molecule has 0 fully saturated rings. The number of carbonyl (C=O) groups excluding carboxylic acids is 1. The first kappa shape index (κ1) is 26.3. The fourth-order valence-corrected chi connectivity index (χ4v) is 7.05. The molecule has 0 spiro atoms. The van der Waals surface area contributed by atoms with Gasteiger partial charge in [0.2, 0.25) is 5.91 Å². The van der Waals surface area contributed by atoms with E-state index in [4.69, 9.17) is 9.72 Å². The highest BCUT2D eigenvalue weighted by Gasteiger charge is 2.26. The number of hydrogen-bond acceptors (Lipinski definition) is 8. The maximum Gasteiger partial charge on any atom is 0.242 e. The molecule has 10 heteroatoms. The van der Waals surface area contributed by atoms with Crippen LogP contribution in [-0.4, -0.2) is 32.3 Å². The zero-order valence-electron chi connectivity index (χ0n) is 21.0. The van der Waals surface area contributed by atoms with Gasteiger partial charge in [-0.25, -0.2) is 4.98 Å². The Labute approximate surface area is 234 Å². The molecule has 0 saturated heterocycles. The fourth-order valence-electron chi connectivity index (χ4n) is 3.93. The summed E-state index contributed by atoms with van der Waals surface area (Å²) in [7, 11) is 0. The van der Waals surface area contributed by atoms with Gasteiger partial charge in [-0.3, -0.25) is 4.79 Å². The molecule has 5 aromatic rings. The van der Waals surface area contributed by atoms with Gasteiger partial charge in [0.1, 0.15) is 16.8 Å². The summed E-state index contributed by atoms with van der Waals surface area (Å²) in [6.45, 7) is 5.20.